The first kappa shape index (κ1) is 11.0. The van der Waals surface area contributed by atoms with Gasteiger partial charge in [0.2, 0.25) is 0 Å². The molecule has 0 aliphatic carbocycles. The van der Waals surface area contributed by atoms with Crippen molar-refractivity contribution in [1.29, 1.82) is 0 Å². The molecule has 1 N–H and O–H groups in total. The molecule has 2 rings (SSSR count). The molecule has 1 aromatic carbocycles. The lowest BCUT2D eigenvalue weighted by molar-refractivity contribution is 0.175. The molecule has 1 aliphatic heterocycles. The van der Waals surface area contributed by atoms with Crippen molar-refractivity contribution in [2.24, 2.45) is 0 Å². The van der Waals surface area contributed by atoms with Crippen molar-refractivity contribution in [3.63, 3.8) is 0 Å². The molecule has 3 heteroatoms. The standard InChI is InChI=1S/C12H17NOS/c1-15-12-4-2-10(3-5-12)8-13-7-6-11(14)9-13/h2-5,11,14H,6-9H2,1H3/t11-/m0/s1. The number of aliphatic hydroxyl groups excluding tert-OH is 1. The third-order valence-corrected chi connectivity index (χ3v) is 3.56. The highest BCUT2D eigenvalue weighted by atomic mass is 32.2. The number of thioether (sulfide) groups is 1. The quantitative estimate of drug-likeness (QED) is 0.793. The lowest BCUT2D eigenvalue weighted by Gasteiger charge is -2.14. The van der Waals surface area contributed by atoms with Crippen LogP contribution in [0.15, 0.2) is 29.2 Å². The minimum absolute atomic E-state index is 0.115. The van der Waals surface area contributed by atoms with Crippen LogP contribution in [0.1, 0.15) is 12.0 Å². The van der Waals surface area contributed by atoms with Crippen LogP contribution in [0.4, 0.5) is 0 Å². The molecule has 1 atom stereocenters. The second-order valence-electron chi connectivity index (χ2n) is 4.03. The van der Waals surface area contributed by atoms with Crippen molar-refractivity contribution in [1.82, 2.24) is 4.90 Å². The summed E-state index contributed by atoms with van der Waals surface area (Å²) in [5, 5.41) is 9.41. The van der Waals surface area contributed by atoms with Gasteiger partial charge >= 0.3 is 0 Å². The molecule has 0 aromatic heterocycles. The third-order valence-electron chi connectivity index (χ3n) is 2.81. The molecule has 0 amide bonds. The molecule has 0 radical (unpaired) electrons. The van der Waals surface area contributed by atoms with Gasteiger partial charge in [0.1, 0.15) is 0 Å². The normalized spacial score (nSPS) is 22.1. The van der Waals surface area contributed by atoms with Crippen molar-refractivity contribution >= 4 is 11.8 Å². The van der Waals surface area contributed by atoms with Crippen LogP contribution in [0.25, 0.3) is 0 Å². The van der Waals surface area contributed by atoms with Crippen LogP contribution >= 0.6 is 11.8 Å². The smallest absolute Gasteiger partial charge is 0.0679 e. The molecule has 1 aromatic rings. The van der Waals surface area contributed by atoms with Crippen LogP contribution in [0.3, 0.4) is 0 Å². The molecule has 1 aliphatic rings. The second kappa shape index (κ2) is 5.01. The maximum absolute atomic E-state index is 9.41. The molecule has 82 valence electrons. The van der Waals surface area contributed by atoms with Crippen LogP contribution in [0, 0.1) is 0 Å². The van der Waals surface area contributed by atoms with Crippen LogP contribution in [0.5, 0.6) is 0 Å². The van der Waals surface area contributed by atoms with E-state index in [2.05, 4.69) is 35.4 Å². The molecule has 0 spiro atoms. The Kier molecular flexibility index (Phi) is 3.67. The number of aliphatic hydroxyl groups is 1. The van der Waals surface area contributed by atoms with E-state index in [1.807, 2.05) is 0 Å². The summed E-state index contributed by atoms with van der Waals surface area (Å²) in [4.78, 5) is 3.61. The number of rotatable bonds is 3. The highest BCUT2D eigenvalue weighted by molar-refractivity contribution is 7.98. The zero-order chi connectivity index (χ0) is 10.7. The molecule has 0 unspecified atom stereocenters. The van der Waals surface area contributed by atoms with E-state index < -0.39 is 0 Å². The highest BCUT2D eigenvalue weighted by Crippen LogP contribution is 2.17. The van der Waals surface area contributed by atoms with E-state index in [1.165, 1.54) is 10.5 Å². The largest absolute Gasteiger partial charge is 0.392 e. The highest BCUT2D eigenvalue weighted by Gasteiger charge is 2.19. The van der Waals surface area contributed by atoms with E-state index >= 15 is 0 Å². The summed E-state index contributed by atoms with van der Waals surface area (Å²) in [5.41, 5.74) is 1.34. The monoisotopic (exact) mass is 223 g/mol. The molecular formula is C12H17NOS. The van der Waals surface area contributed by atoms with Crippen LogP contribution in [-0.4, -0.2) is 35.5 Å². The fraction of sp³-hybridized carbons (Fsp3) is 0.500. The predicted molar refractivity (Wildman–Crippen MR) is 64.1 cm³/mol. The zero-order valence-corrected chi connectivity index (χ0v) is 9.83. The summed E-state index contributed by atoms with van der Waals surface area (Å²) in [6.07, 6.45) is 2.89. The Morgan fingerprint density at radius 2 is 2.13 bits per heavy atom. The SMILES string of the molecule is CSc1ccc(CN2CC[C@H](O)C2)cc1. The average Bonchev–Trinajstić information content (AvgIpc) is 2.65. The number of β-amino-alcohol motifs (C(OH)–C–C–N with tert-alkyl or cyclic N) is 1. The second-order valence-corrected chi connectivity index (χ2v) is 4.91. The Morgan fingerprint density at radius 1 is 1.40 bits per heavy atom. The molecule has 1 fully saturated rings. The van der Waals surface area contributed by atoms with Gasteiger partial charge < -0.3 is 5.11 Å². The van der Waals surface area contributed by atoms with Crippen molar-refractivity contribution in [3.8, 4) is 0 Å². The first-order valence-corrected chi connectivity index (χ1v) is 6.54. The number of benzene rings is 1. The van der Waals surface area contributed by atoms with Gasteiger partial charge in [-0.3, -0.25) is 4.90 Å². The molecule has 1 heterocycles. The van der Waals surface area contributed by atoms with Gasteiger partial charge in [-0.1, -0.05) is 12.1 Å². The van der Waals surface area contributed by atoms with Crippen LogP contribution in [0.2, 0.25) is 0 Å². The fourth-order valence-corrected chi connectivity index (χ4v) is 2.35. The van der Waals surface area contributed by atoms with Gasteiger partial charge in [0, 0.05) is 24.5 Å². The van der Waals surface area contributed by atoms with E-state index in [-0.39, 0.29) is 6.10 Å². The Morgan fingerprint density at radius 3 is 2.67 bits per heavy atom. The average molecular weight is 223 g/mol. The Labute approximate surface area is 95.3 Å². The maximum Gasteiger partial charge on any atom is 0.0679 e. The van der Waals surface area contributed by atoms with E-state index in [1.54, 1.807) is 11.8 Å². The van der Waals surface area contributed by atoms with Gasteiger partial charge in [-0.25, -0.2) is 0 Å². The van der Waals surface area contributed by atoms with E-state index in [4.69, 9.17) is 0 Å². The molecule has 15 heavy (non-hydrogen) atoms. The first-order chi connectivity index (χ1) is 7.28. The first-order valence-electron chi connectivity index (χ1n) is 5.31. The van der Waals surface area contributed by atoms with Crippen LogP contribution < -0.4 is 0 Å². The van der Waals surface area contributed by atoms with Crippen molar-refractivity contribution in [2.75, 3.05) is 19.3 Å². The lowest BCUT2D eigenvalue weighted by atomic mass is 10.2. The summed E-state index contributed by atoms with van der Waals surface area (Å²) < 4.78 is 0. The third kappa shape index (κ3) is 2.97. The number of likely N-dealkylation sites (tertiary alicyclic amines) is 1. The minimum atomic E-state index is -0.115. The number of nitrogens with zero attached hydrogens (tertiary/aromatic N) is 1. The molecular weight excluding hydrogens is 206 g/mol. The van der Waals surface area contributed by atoms with Gasteiger partial charge in [0.25, 0.3) is 0 Å². The van der Waals surface area contributed by atoms with E-state index in [0.717, 1.165) is 26.1 Å². The summed E-state index contributed by atoms with van der Waals surface area (Å²) in [6, 6.07) is 8.67. The molecule has 1 saturated heterocycles. The topological polar surface area (TPSA) is 23.5 Å². The number of hydrogen-bond donors (Lipinski definition) is 1. The Bertz CT molecular complexity index is 312. The fourth-order valence-electron chi connectivity index (χ4n) is 1.94. The van der Waals surface area contributed by atoms with Gasteiger partial charge in [-0.15, -0.1) is 11.8 Å². The summed E-state index contributed by atoms with van der Waals surface area (Å²) in [6.45, 7) is 2.81. The molecule has 0 saturated carbocycles. The summed E-state index contributed by atoms with van der Waals surface area (Å²) in [7, 11) is 0. The Balaban J connectivity index is 1.93. The number of hydrogen-bond acceptors (Lipinski definition) is 3. The minimum Gasteiger partial charge on any atom is -0.392 e. The van der Waals surface area contributed by atoms with Gasteiger partial charge in [-0.05, 0) is 30.4 Å². The van der Waals surface area contributed by atoms with Crippen molar-refractivity contribution in [3.05, 3.63) is 29.8 Å². The van der Waals surface area contributed by atoms with Crippen LogP contribution in [-0.2, 0) is 6.54 Å². The van der Waals surface area contributed by atoms with Gasteiger partial charge in [-0.2, -0.15) is 0 Å². The van der Waals surface area contributed by atoms with Crippen molar-refractivity contribution in [2.45, 2.75) is 24.0 Å². The predicted octanol–water partition coefficient (Wildman–Crippen LogP) is 1.98. The van der Waals surface area contributed by atoms with E-state index in [0.29, 0.717) is 0 Å². The lowest BCUT2D eigenvalue weighted by Crippen LogP contribution is -2.21. The molecule has 2 nitrogen and oxygen atoms in total. The Hall–Kier alpha value is -0.510. The summed E-state index contributed by atoms with van der Waals surface area (Å²) in [5.74, 6) is 0. The zero-order valence-electron chi connectivity index (χ0n) is 9.02. The van der Waals surface area contributed by atoms with E-state index in [9.17, 15) is 5.11 Å². The van der Waals surface area contributed by atoms with Gasteiger partial charge in [0.05, 0.1) is 6.10 Å². The molecule has 0 bridgehead atoms. The van der Waals surface area contributed by atoms with Gasteiger partial charge in [0.15, 0.2) is 0 Å². The maximum atomic E-state index is 9.41. The summed E-state index contributed by atoms with van der Waals surface area (Å²) >= 11 is 1.77. The van der Waals surface area contributed by atoms with Crippen molar-refractivity contribution < 1.29 is 5.11 Å².